The molecule has 1 atom stereocenters. The fourth-order valence-corrected chi connectivity index (χ4v) is 2.65. The quantitative estimate of drug-likeness (QED) is 0.852. The Morgan fingerprint density at radius 2 is 2.19 bits per heavy atom. The van der Waals surface area contributed by atoms with E-state index in [2.05, 4.69) is 46.0 Å². The molecule has 0 bridgehead atoms. The van der Waals surface area contributed by atoms with Crippen molar-refractivity contribution in [2.45, 2.75) is 58.2 Å². The maximum absolute atomic E-state index is 5.79. The molecule has 2 aromatic heterocycles. The summed E-state index contributed by atoms with van der Waals surface area (Å²) in [6.07, 6.45) is 5.70. The van der Waals surface area contributed by atoms with Gasteiger partial charge < -0.3 is 4.42 Å². The van der Waals surface area contributed by atoms with Crippen molar-refractivity contribution in [3.8, 4) is 0 Å². The molecule has 1 saturated heterocycles. The molecule has 0 aliphatic carbocycles. The lowest BCUT2D eigenvalue weighted by atomic mass is 9.97. The first-order chi connectivity index (χ1) is 10.0. The third kappa shape index (κ3) is 3.29. The van der Waals surface area contributed by atoms with Crippen LogP contribution in [0.15, 0.2) is 17.1 Å². The van der Waals surface area contributed by atoms with Crippen LogP contribution in [0.1, 0.15) is 45.4 Å². The molecule has 3 rings (SSSR count). The number of nitrogens with zero attached hydrogens (tertiary/aromatic N) is 6. The minimum absolute atomic E-state index is 0.101. The van der Waals surface area contributed by atoms with E-state index in [4.69, 9.17) is 4.42 Å². The second-order valence-electron chi connectivity index (χ2n) is 6.64. The van der Waals surface area contributed by atoms with Crippen LogP contribution in [-0.2, 0) is 18.5 Å². The molecule has 1 aliphatic heterocycles. The number of rotatable bonds is 4. The van der Waals surface area contributed by atoms with Crippen LogP contribution in [0, 0.1) is 0 Å². The minimum atomic E-state index is -0.101. The Morgan fingerprint density at radius 1 is 1.33 bits per heavy atom. The zero-order chi connectivity index (χ0) is 14.9. The molecule has 1 aliphatic rings. The summed E-state index contributed by atoms with van der Waals surface area (Å²) >= 11 is 0. The van der Waals surface area contributed by atoms with E-state index >= 15 is 0 Å². The third-order valence-corrected chi connectivity index (χ3v) is 3.81. The van der Waals surface area contributed by atoms with Crippen LogP contribution in [0.5, 0.6) is 0 Å². The van der Waals surface area contributed by atoms with E-state index in [-0.39, 0.29) is 5.41 Å². The van der Waals surface area contributed by atoms with Gasteiger partial charge in [-0.3, -0.25) is 9.58 Å². The summed E-state index contributed by atoms with van der Waals surface area (Å²) in [5.74, 6) is 1.40. The largest absolute Gasteiger partial charge is 0.423 e. The first kappa shape index (κ1) is 14.2. The SMILES string of the molecule is CC(C)(C)c1nnc(CN2CCC[C@@H]2Cn2cncn2)o1. The molecule has 1 fully saturated rings. The van der Waals surface area contributed by atoms with Crippen molar-refractivity contribution >= 4 is 0 Å². The van der Waals surface area contributed by atoms with Gasteiger partial charge in [-0.15, -0.1) is 10.2 Å². The van der Waals surface area contributed by atoms with Crippen LogP contribution in [0.4, 0.5) is 0 Å². The van der Waals surface area contributed by atoms with Crippen LogP contribution in [0.2, 0.25) is 0 Å². The van der Waals surface area contributed by atoms with E-state index in [0.29, 0.717) is 24.4 Å². The van der Waals surface area contributed by atoms with E-state index in [1.807, 2.05) is 4.68 Å². The van der Waals surface area contributed by atoms with Gasteiger partial charge in [-0.2, -0.15) is 5.10 Å². The highest BCUT2D eigenvalue weighted by atomic mass is 16.4. The van der Waals surface area contributed by atoms with Crippen molar-refractivity contribution in [1.29, 1.82) is 0 Å². The fraction of sp³-hybridized carbons (Fsp3) is 0.714. The predicted molar refractivity (Wildman–Crippen MR) is 76.5 cm³/mol. The van der Waals surface area contributed by atoms with Gasteiger partial charge >= 0.3 is 0 Å². The molecule has 0 unspecified atom stereocenters. The van der Waals surface area contributed by atoms with E-state index in [1.165, 1.54) is 12.8 Å². The zero-order valence-corrected chi connectivity index (χ0v) is 12.9. The molecule has 114 valence electrons. The molecule has 0 radical (unpaired) electrons. The highest BCUT2D eigenvalue weighted by molar-refractivity contribution is 4.96. The van der Waals surface area contributed by atoms with Crippen molar-refractivity contribution in [1.82, 2.24) is 29.9 Å². The lowest BCUT2D eigenvalue weighted by molar-refractivity contribution is 0.196. The van der Waals surface area contributed by atoms with Gasteiger partial charge in [0.25, 0.3) is 0 Å². The molecule has 2 aromatic rings. The van der Waals surface area contributed by atoms with Gasteiger partial charge in [-0.1, -0.05) is 20.8 Å². The smallest absolute Gasteiger partial charge is 0.230 e. The van der Waals surface area contributed by atoms with Gasteiger partial charge in [0, 0.05) is 11.5 Å². The molecule has 0 N–H and O–H groups in total. The normalized spacial score (nSPS) is 20.2. The molecule has 0 spiro atoms. The van der Waals surface area contributed by atoms with Crippen LogP contribution < -0.4 is 0 Å². The van der Waals surface area contributed by atoms with Gasteiger partial charge in [0.15, 0.2) is 0 Å². The highest BCUT2D eigenvalue weighted by Crippen LogP contribution is 2.24. The summed E-state index contributed by atoms with van der Waals surface area (Å²) in [6, 6.07) is 0.455. The topological polar surface area (TPSA) is 72.9 Å². The average molecular weight is 290 g/mol. The Hall–Kier alpha value is -1.76. The summed E-state index contributed by atoms with van der Waals surface area (Å²) in [6.45, 7) is 8.87. The van der Waals surface area contributed by atoms with E-state index in [9.17, 15) is 0 Å². The Balaban J connectivity index is 1.64. The summed E-state index contributed by atoms with van der Waals surface area (Å²) in [5, 5.41) is 12.5. The Kier molecular flexibility index (Phi) is 3.75. The van der Waals surface area contributed by atoms with Gasteiger partial charge in [0.05, 0.1) is 13.1 Å². The monoisotopic (exact) mass is 290 g/mol. The summed E-state index contributed by atoms with van der Waals surface area (Å²) in [5.41, 5.74) is -0.101. The van der Waals surface area contributed by atoms with E-state index < -0.39 is 0 Å². The minimum Gasteiger partial charge on any atom is -0.423 e. The van der Waals surface area contributed by atoms with Crippen LogP contribution in [-0.4, -0.2) is 42.4 Å². The van der Waals surface area contributed by atoms with Crippen LogP contribution in [0.25, 0.3) is 0 Å². The van der Waals surface area contributed by atoms with Gasteiger partial charge in [-0.05, 0) is 19.4 Å². The van der Waals surface area contributed by atoms with Gasteiger partial charge in [0.1, 0.15) is 12.7 Å². The standard InChI is InChI=1S/C14H22N6O/c1-14(2,3)13-18-17-12(21-13)8-19-6-4-5-11(19)7-20-10-15-9-16-20/h9-11H,4-8H2,1-3H3/t11-/m1/s1. The molecule has 21 heavy (non-hydrogen) atoms. The number of likely N-dealkylation sites (tertiary alicyclic amines) is 1. The molecule has 0 aromatic carbocycles. The number of aromatic nitrogens is 5. The van der Waals surface area contributed by atoms with Gasteiger partial charge in [-0.25, -0.2) is 4.98 Å². The maximum atomic E-state index is 5.79. The summed E-state index contributed by atoms with van der Waals surface area (Å²) in [4.78, 5) is 6.39. The van der Waals surface area contributed by atoms with Crippen LogP contribution in [0.3, 0.4) is 0 Å². The highest BCUT2D eigenvalue weighted by Gasteiger charge is 2.28. The van der Waals surface area contributed by atoms with E-state index in [1.54, 1.807) is 12.7 Å². The van der Waals surface area contributed by atoms with E-state index in [0.717, 1.165) is 13.1 Å². The second kappa shape index (κ2) is 5.55. The number of hydrogen-bond donors (Lipinski definition) is 0. The van der Waals surface area contributed by atoms with Crippen LogP contribution >= 0.6 is 0 Å². The first-order valence-corrected chi connectivity index (χ1v) is 7.42. The van der Waals surface area contributed by atoms with Crippen molar-refractivity contribution in [2.75, 3.05) is 6.54 Å². The first-order valence-electron chi connectivity index (χ1n) is 7.42. The van der Waals surface area contributed by atoms with Crippen molar-refractivity contribution < 1.29 is 4.42 Å². The predicted octanol–water partition coefficient (Wildman–Crippen LogP) is 1.62. The maximum Gasteiger partial charge on any atom is 0.230 e. The molecule has 7 nitrogen and oxygen atoms in total. The summed E-state index contributed by atoms with van der Waals surface area (Å²) < 4.78 is 7.68. The van der Waals surface area contributed by atoms with Crippen molar-refractivity contribution in [3.63, 3.8) is 0 Å². The number of hydrogen-bond acceptors (Lipinski definition) is 6. The Bertz CT molecular complexity index is 571. The van der Waals surface area contributed by atoms with Crippen molar-refractivity contribution in [2.24, 2.45) is 0 Å². The van der Waals surface area contributed by atoms with Crippen molar-refractivity contribution in [3.05, 3.63) is 24.4 Å². The Morgan fingerprint density at radius 3 is 2.86 bits per heavy atom. The molecular formula is C14H22N6O. The molecule has 0 saturated carbocycles. The van der Waals surface area contributed by atoms with Gasteiger partial charge in [0.2, 0.25) is 11.8 Å². The third-order valence-electron chi connectivity index (χ3n) is 3.81. The fourth-order valence-electron chi connectivity index (χ4n) is 2.65. The Labute approximate surface area is 124 Å². The summed E-state index contributed by atoms with van der Waals surface area (Å²) in [7, 11) is 0. The average Bonchev–Trinajstić information content (AvgIpc) is 3.12. The molecule has 0 amide bonds. The molecular weight excluding hydrogens is 268 g/mol. The molecule has 7 heteroatoms. The lowest BCUT2D eigenvalue weighted by Crippen LogP contribution is -2.32. The lowest BCUT2D eigenvalue weighted by Gasteiger charge is -2.22. The zero-order valence-electron chi connectivity index (χ0n) is 12.9. The second-order valence-corrected chi connectivity index (χ2v) is 6.64. The molecule has 3 heterocycles.